The molecule has 0 saturated carbocycles. The molecular formula is C9H6Cl2O3Si. The van der Waals surface area contributed by atoms with Crippen molar-refractivity contribution >= 4 is 46.0 Å². The van der Waals surface area contributed by atoms with E-state index in [1.165, 1.54) is 12.1 Å². The second kappa shape index (κ2) is 3.33. The van der Waals surface area contributed by atoms with Crippen LogP contribution in [-0.2, 0) is 4.74 Å². The Hall–Kier alpha value is -0.843. The van der Waals surface area contributed by atoms with Gasteiger partial charge in [0, 0.05) is 0 Å². The first-order chi connectivity index (χ1) is 6.89. The van der Waals surface area contributed by atoms with Crippen molar-refractivity contribution in [1.29, 1.82) is 0 Å². The number of benzene rings is 1. The highest BCUT2D eigenvalue weighted by Gasteiger charge is 2.33. The molecule has 1 aliphatic heterocycles. The van der Waals surface area contributed by atoms with Gasteiger partial charge >= 0.3 is 11.9 Å². The van der Waals surface area contributed by atoms with E-state index in [0.717, 1.165) is 0 Å². The molecule has 0 atom stereocenters. The van der Waals surface area contributed by atoms with E-state index in [2.05, 4.69) is 4.74 Å². The Morgan fingerprint density at radius 3 is 2.33 bits per heavy atom. The zero-order valence-electron chi connectivity index (χ0n) is 7.71. The lowest BCUT2D eigenvalue weighted by atomic mass is 10.1. The van der Waals surface area contributed by atoms with E-state index in [1.54, 1.807) is 12.6 Å². The van der Waals surface area contributed by atoms with Crippen molar-refractivity contribution in [3.05, 3.63) is 29.3 Å². The fourth-order valence-corrected chi connectivity index (χ4v) is 2.84. The molecular weight excluding hydrogens is 255 g/mol. The molecule has 0 amide bonds. The van der Waals surface area contributed by atoms with E-state index in [0.29, 0.717) is 5.19 Å². The monoisotopic (exact) mass is 260 g/mol. The van der Waals surface area contributed by atoms with Crippen LogP contribution in [0.1, 0.15) is 20.7 Å². The second-order valence-electron chi connectivity index (χ2n) is 3.33. The Morgan fingerprint density at radius 1 is 1.13 bits per heavy atom. The number of ether oxygens (including phenoxy) is 1. The van der Waals surface area contributed by atoms with Gasteiger partial charge in [-0.1, -0.05) is 6.07 Å². The second-order valence-corrected chi connectivity index (χ2v) is 10.8. The molecule has 6 heteroatoms. The van der Waals surface area contributed by atoms with Gasteiger partial charge in [-0.3, -0.25) is 0 Å². The van der Waals surface area contributed by atoms with Gasteiger partial charge in [-0.2, -0.15) is 0 Å². The van der Waals surface area contributed by atoms with Crippen molar-refractivity contribution < 1.29 is 14.3 Å². The fourth-order valence-electron chi connectivity index (χ4n) is 1.36. The predicted molar refractivity (Wildman–Crippen MR) is 59.1 cm³/mol. The number of rotatable bonds is 1. The molecule has 0 bridgehead atoms. The van der Waals surface area contributed by atoms with E-state index in [4.69, 9.17) is 22.2 Å². The molecule has 1 heterocycles. The number of cyclic esters (lactones) is 2. The van der Waals surface area contributed by atoms with Crippen LogP contribution in [0.4, 0.5) is 0 Å². The highest BCUT2D eigenvalue weighted by atomic mass is 35.7. The van der Waals surface area contributed by atoms with Crippen molar-refractivity contribution in [2.75, 3.05) is 0 Å². The average Bonchev–Trinajstić information content (AvgIpc) is 2.41. The zero-order valence-corrected chi connectivity index (χ0v) is 10.2. The summed E-state index contributed by atoms with van der Waals surface area (Å²) in [5, 5.41) is 0.691. The van der Waals surface area contributed by atoms with Crippen molar-refractivity contribution in [2.45, 2.75) is 6.55 Å². The third-order valence-corrected chi connectivity index (χ3v) is 4.79. The average molecular weight is 261 g/mol. The van der Waals surface area contributed by atoms with Crippen LogP contribution in [0.25, 0.3) is 0 Å². The van der Waals surface area contributed by atoms with Crippen LogP contribution >= 0.6 is 22.2 Å². The Morgan fingerprint density at radius 2 is 1.73 bits per heavy atom. The van der Waals surface area contributed by atoms with Gasteiger partial charge in [-0.25, -0.2) is 9.59 Å². The quantitative estimate of drug-likeness (QED) is 0.335. The third-order valence-electron chi connectivity index (χ3n) is 2.15. The van der Waals surface area contributed by atoms with Crippen LogP contribution in [-0.4, -0.2) is 18.6 Å². The molecule has 0 fully saturated rings. The molecule has 0 N–H and O–H groups in total. The normalized spacial score (nSPS) is 15.1. The van der Waals surface area contributed by atoms with E-state index in [1.807, 2.05) is 0 Å². The topological polar surface area (TPSA) is 43.4 Å². The molecule has 78 valence electrons. The minimum absolute atomic E-state index is 0.248. The number of esters is 2. The molecule has 0 aromatic heterocycles. The Bertz CT molecular complexity index is 465. The van der Waals surface area contributed by atoms with Crippen LogP contribution in [0.15, 0.2) is 18.2 Å². The lowest BCUT2D eigenvalue weighted by Crippen LogP contribution is -2.33. The van der Waals surface area contributed by atoms with E-state index in [9.17, 15) is 9.59 Å². The van der Waals surface area contributed by atoms with Crippen molar-refractivity contribution in [3.8, 4) is 0 Å². The van der Waals surface area contributed by atoms with E-state index < -0.39 is 18.6 Å². The highest BCUT2D eigenvalue weighted by molar-refractivity contribution is 7.50. The van der Waals surface area contributed by atoms with E-state index >= 15 is 0 Å². The number of fused-ring (bicyclic) bond motifs is 1. The van der Waals surface area contributed by atoms with Gasteiger partial charge in [-0.15, -0.1) is 22.2 Å². The molecule has 0 spiro atoms. The van der Waals surface area contributed by atoms with E-state index in [-0.39, 0.29) is 11.1 Å². The minimum atomic E-state index is -2.50. The maximum Gasteiger partial charge on any atom is 0.346 e. The SMILES string of the molecule is C[Si](Cl)(Cl)c1ccc2c(c1)C(=O)OC2=O. The van der Waals surface area contributed by atoms with Crippen molar-refractivity contribution in [3.63, 3.8) is 0 Å². The van der Waals surface area contributed by atoms with Crippen LogP contribution in [0, 0.1) is 0 Å². The molecule has 3 nitrogen and oxygen atoms in total. The minimum Gasteiger partial charge on any atom is -0.386 e. The van der Waals surface area contributed by atoms with Gasteiger partial charge in [0.15, 0.2) is 0 Å². The lowest BCUT2D eigenvalue weighted by molar-refractivity contribution is 0.0444. The van der Waals surface area contributed by atoms with Crippen molar-refractivity contribution in [2.24, 2.45) is 0 Å². The summed E-state index contributed by atoms with van der Waals surface area (Å²) in [5.74, 6) is -1.25. The first kappa shape index (κ1) is 10.7. The number of halogens is 2. The smallest absolute Gasteiger partial charge is 0.346 e. The maximum atomic E-state index is 11.2. The maximum absolute atomic E-state index is 11.2. The Balaban J connectivity index is 2.57. The molecule has 0 unspecified atom stereocenters. The third kappa shape index (κ3) is 1.80. The summed E-state index contributed by atoms with van der Waals surface area (Å²) in [6.45, 7) is -0.780. The Kier molecular flexibility index (Phi) is 2.37. The standard InChI is InChI=1S/C9H6Cl2O3Si/c1-15(10,11)5-2-3-6-7(4-5)9(13)14-8(6)12/h2-4H,1H3. The molecule has 0 radical (unpaired) electrons. The van der Waals surface area contributed by atoms with Crippen LogP contribution in [0.2, 0.25) is 6.55 Å². The first-order valence-corrected chi connectivity index (χ1v) is 8.71. The summed E-state index contributed by atoms with van der Waals surface area (Å²) in [6, 6.07) is 4.72. The number of hydrogen-bond acceptors (Lipinski definition) is 3. The summed E-state index contributed by atoms with van der Waals surface area (Å²) in [5.41, 5.74) is 0.521. The Labute approximate surface area is 96.4 Å². The van der Waals surface area contributed by atoms with Gasteiger partial charge in [0.25, 0.3) is 6.69 Å². The van der Waals surface area contributed by atoms with Gasteiger partial charge in [0.05, 0.1) is 11.1 Å². The molecule has 1 aromatic rings. The lowest BCUT2D eigenvalue weighted by Gasteiger charge is -2.10. The number of carbonyl (C=O) groups excluding carboxylic acids is 2. The number of hydrogen-bond donors (Lipinski definition) is 0. The summed E-state index contributed by atoms with van der Waals surface area (Å²) >= 11 is 12.0. The zero-order chi connectivity index (χ0) is 11.2. The molecule has 1 aromatic carbocycles. The van der Waals surface area contributed by atoms with Gasteiger partial charge in [-0.05, 0) is 23.9 Å². The summed E-state index contributed by atoms with van der Waals surface area (Å²) in [4.78, 5) is 22.4. The molecule has 2 rings (SSSR count). The summed E-state index contributed by atoms with van der Waals surface area (Å²) < 4.78 is 4.45. The fraction of sp³-hybridized carbons (Fsp3) is 0.111. The van der Waals surface area contributed by atoms with Crippen LogP contribution < -0.4 is 5.19 Å². The number of carbonyl (C=O) groups is 2. The van der Waals surface area contributed by atoms with Crippen molar-refractivity contribution in [1.82, 2.24) is 0 Å². The van der Waals surface area contributed by atoms with Gasteiger partial charge < -0.3 is 4.74 Å². The van der Waals surface area contributed by atoms with Crippen LogP contribution in [0.5, 0.6) is 0 Å². The molecule has 0 aliphatic carbocycles. The molecule has 15 heavy (non-hydrogen) atoms. The summed E-state index contributed by atoms with van der Waals surface area (Å²) in [7, 11) is 0. The molecule has 1 aliphatic rings. The summed E-state index contributed by atoms with van der Waals surface area (Å²) in [6.07, 6.45) is 0. The van der Waals surface area contributed by atoms with Gasteiger partial charge in [0.1, 0.15) is 0 Å². The first-order valence-electron chi connectivity index (χ1n) is 4.18. The predicted octanol–water partition coefficient (Wildman–Crippen LogP) is 1.75. The highest BCUT2D eigenvalue weighted by Crippen LogP contribution is 2.21. The van der Waals surface area contributed by atoms with Crippen LogP contribution in [0.3, 0.4) is 0 Å². The molecule has 0 saturated heterocycles. The largest absolute Gasteiger partial charge is 0.386 e. The van der Waals surface area contributed by atoms with Gasteiger partial charge in [0.2, 0.25) is 0 Å².